The van der Waals surface area contributed by atoms with Crippen LogP contribution in [0.3, 0.4) is 0 Å². The third-order valence-corrected chi connectivity index (χ3v) is 7.75. The van der Waals surface area contributed by atoms with Gasteiger partial charge in [-0.05, 0) is 49.9 Å². The van der Waals surface area contributed by atoms with Crippen molar-refractivity contribution in [1.82, 2.24) is 19.9 Å². The topological polar surface area (TPSA) is 111 Å². The highest BCUT2D eigenvalue weighted by molar-refractivity contribution is 5.85. The van der Waals surface area contributed by atoms with Crippen LogP contribution in [0.2, 0.25) is 0 Å². The van der Waals surface area contributed by atoms with E-state index in [1.807, 2.05) is 18.5 Å². The quantitative estimate of drug-likeness (QED) is 0.278. The zero-order valence-corrected chi connectivity index (χ0v) is 24.3. The van der Waals surface area contributed by atoms with Gasteiger partial charge in [0.1, 0.15) is 23.2 Å². The summed E-state index contributed by atoms with van der Waals surface area (Å²) in [5.74, 6) is 1.67. The van der Waals surface area contributed by atoms with Crippen LogP contribution in [0.25, 0.3) is 22.5 Å². The fourth-order valence-electron chi connectivity index (χ4n) is 5.60. The van der Waals surface area contributed by atoms with Crippen LogP contribution in [0.15, 0.2) is 61.1 Å². The number of benzene rings is 1. The van der Waals surface area contributed by atoms with Crippen molar-refractivity contribution in [2.24, 2.45) is 5.73 Å². The summed E-state index contributed by atoms with van der Waals surface area (Å²) in [6, 6.07) is 12.7. The molecule has 3 N–H and O–H groups in total. The average Bonchev–Trinajstić information content (AvgIpc) is 3.01. The Labute approximate surface area is 251 Å². The fraction of sp³-hybridized carbons (Fsp3) is 0.355. The molecule has 2 aliphatic heterocycles. The number of halogens is 2. The van der Waals surface area contributed by atoms with E-state index in [9.17, 15) is 4.39 Å². The number of pyridine rings is 2. The van der Waals surface area contributed by atoms with Gasteiger partial charge in [-0.15, -0.1) is 12.4 Å². The third kappa shape index (κ3) is 6.46. The molecule has 0 saturated carbocycles. The van der Waals surface area contributed by atoms with Crippen molar-refractivity contribution in [2.45, 2.75) is 37.6 Å². The normalized spacial score (nSPS) is 17.4. The molecule has 0 bridgehead atoms. The molecule has 2 saturated heterocycles. The standard InChI is InChI=1S/C31H34FN7O2.ClH/c1-40-27-6-2-5-24(32)30(27)31-34-12-9-28(38-31)37-29-16-26(39-13-3-4-22(33)19-39)23(18-36-29)21-7-8-25(35-17-21)20-10-14-41-15-11-20;/h2,5-9,12,16-18,20,22H,3-4,10-11,13-15,19,33H2,1H3,(H,34,36,37,38);1H/t22-;/m0./s1. The van der Waals surface area contributed by atoms with Crippen molar-refractivity contribution < 1.29 is 13.9 Å². The van der Waals surface area contributed by atoms with Gasteiger partial charge < -0.3 is 25.4 Å². The van der Waals surface area contributed by atoms with Gasteiger partial charge in [0.2, 0.25) is 0 Å². The molecule has 1 aromatic carbocycles. The smallest absolute Gasteiger partial charge is 0.168 e. The summed E-state index contributed by atoms with van der Waals surface area (Å²) in [5.41, 5.74) is 10.7. The molecular weight excluding hydrogens is 557 g/mol. The first-order valence-corrected chi connectivity index (χ1v) is 14.1. The number of piperidine rings is 1. The molecule has 3 aromatic heterocycles. The van der Waals surface area contributed by atoms with Crippen molar-refractivity contribution >= 4 is 29.7 Å². The lowest BCUT2D eigenvalue weighted by Gasteiger charge is -2.34. The lowest BCUT2D eigenvalue weighted by Crippen LogP contribution is -2.43. The van der Waals surface area contributed by atoms with E-state index in [1.165, 1.54) is 13.2 Å². The maximum Gasteiger partial charge on any atom is 0.168 e. The molecular formula is C31H35ClFN7O2. The SMILES string of the molecule is COc1cccc(F)c1-c1nccc(Nc2cc(N3CCC[C@H](N)C3)c(-c3ccc(C4CCOCC4)nc3)cn2)n1.Cl. The summed E-state index contributed by atoms with van der Waals surface area (Å²) < 4.78 is 25.6. The fourth-order valence-corrected chi connectivity index (χ4v) is 5.60. The number of ether oxygens (including phenoxy) is 2. The number of nitrogens with one attached hydrogen (secondary N) is 1. The van der Waals surface area contributed by atoms with Crippen LogP contribution in [0.1, 0.15) is 37.3 Å². The summed E-state index contributed by atoms with van der Waals surface area (Å²) in [5, 5.41) is 3.28. The minimum atomic E-state index is -0.454. The van der Waals surface area contributed by atoms with E-state index in [-0.39, 0.29) is 29.8 Å². The van der Waals surface area contributed by atoms with E-state index >= 15 is 0 Å². The van der Waals surface area contributed by atoms with Crippen LogP contribution >= 0.6 is 12.4 Å². The van der Waals surface area contributed by atoms with Crippen LogP contribution in [-0.4, -0.2) is 59.4 Å². The van der Waals surface area contributed by atoms with E-state index in [4.69, 9.17) is 25.2 Å². The first kappa shape index (κ1) is 29.6. The van der Waals surface area contributed by atoms with Crippen molar-refractivity contribution in [1.29, 1.82) is 0 Å². The Morgan fingerprint density at radius 3 is 2.64 bits per heavy atom. The Hall–Kier alpha value is -3.86. The number of hydrogen-bond donors (Lipinski definition) is 2. The Morgan fingerprint density at radius 2 is 1.88 bits per heavy atom. The predicted octanol–water partition coefficient (Wildman–Crippen LogP) is 5.74. The van der Waals surface area contributed by atoms with E-state index in [0.29, 0.717) is 23.3 Å². The molecule has 1 atom stereocenters. The first-order valence-electron chi connectivity index (χ1n) is 14.1. The number of nitrogens with zero attached hydrogens (tertiary/aromatic N) is 5. The van der Waals surface area contributed by atoms with E-state index in [0.717, 1.165) is 74.5 Å². The molecule has 6 rings (SSSR count). The molecule has 4 aromatic rings. The molecule has 220 valence electrons. The van der Waals surface area contributed by atoms with E-state index in [2.05, 4.69) is 32.3 Å². The molecule has 0 amide bonds. The summed E-state index contributed by atoms with van der Waals surface area (Å²) in [6.07, 6.45) is 9.42. The van der Waals surface area contributed by atoms with Gasteiger partial charge in [-0.3, -0.25) is 4.98 Å². The Morgan fingerprint density at radius 1 is 1.02 bits per heavy atom. The lowest BCUT2D eigenvalue weighted by molar-refractivity contribution is 0.0845. The van der Waals surface area contributed by atoms with Gasteiger partial charge >= 0.3 is 0 Å². The van der Waals surface area contributed by atoms with Crippen LogP contribution in [0.5, 0.6) is 5.75 Å². The average molecular weight is 592 g/mol. The number of hydrogen-bond acceptors (Lipinski definition) is 9. The van der Waals surface area contributed by atoms with Crippen molar-refractivity contribution in [3.63, 3.8) is 0 Å². The number of anilines is 3. The molecule has 0 aliphatic carbocycles. The highest BCUT2D eigenvalue weighted by Gasteiger charge is 2.22. The highest BCUT2D eigenvalue weighted by Crippen LogP contribution is 2.36. The molecule has 9 nitrogen and oxygen atoms in total. The predicted molar refractivity (Wildman–Crippen MR) is 164 cm³/mol. The maximum atomic E-state index is 14.7. The molecule has 5 heterocycles. The Bertz CT molecular complexity index is 1500. The van der Waals surface area contributed by atoms with Gasteiger partial charge in [0, 0.05) is 85.4 Å². The molecule has 42 heavy (non-hydrogen) atoms. The molecule has 11 heteroatoms. The second-order valence-electron chi connectivity index (χ2n) is 10.5. The van der Waals surface area contributed by atoms with Gasteiger partial charge in [-0.2, -0.15) is 0 Å². The van der Waals surface area contributed by atoms with Crippen molar-refractivity contribution in [3.8, 4) is 28.3 Å². The summed E-state index contributed by atoms with van der Waals surface area (Å²) >= 11 is 0. The van der Waals surface area contributed by atoms with Crippen LogP contribution in [0.4, 0.5) is 21.7 Å². The summed E-state index contributed by atoms with van der Waals surface area (Å²) in [7, 11) is 1.49. The first-order chi connectivity index (χ1) is 20.1. The minimum Gasteiger partial charge on any atom is -0.496 e. The van der Waals surface area contributed by atoms with E-state index < -0.39 is 5.82 Å². The van der Waals surface area contributed by atoms with Gasteiger partial charge in [0.15, 0.2) is 5.82 Å². The van der Waals surface area contributed by atoms with Gasteiger partial charge in [-0.25, -0.2) is 19.3 Å². The molecule has 0 radical (unpaired) electrons. The number of methoxy groups -OCH3 is 1. The summed E-state index contributed by atoms with van der Waals surface area (Å²) in [4.78, 5) is 20.7. The van der Waals surface area contributed by atoms with Crippen LogP contribution in [-0.2, 0) is 4.74 Å². The van der Waals surface area contributed by atoms with Gasteiger partial charge in [0.05, 0.1) is 12.7 Å². The Balaban J connectivity index is 0.00000353. The second kappa shape index (κ2) is 13.4. The van der Waals surface area contributed by atoms with Crippen molar-refractivity contribution in [2.75, 3.05) is 43.6 Å². The molecule has 2 aliphatic rings. The zero-order chi connectivity index (χ0) is 28.2. The second-order valence-corrected chi connectivity index (χ2v) is 10.5. The maximum absolute atomic E-state index is 14.7. The molecule has 0 spiro atoms. The van der Waals surface area contributed by atoms with Crippen LogP contribution in [0, 0.1) is 5.82 Å². The number of nitrogens with two attached hydrogens (primary N) is 1. The monoisotopic (exact) mass is 591 g/mol. The van der Waals surface area contributed by atoms with Gasteiger partial charge in [0.25, 0.3) is 0 Å². The van der Waals surface area contributed by atoms with Crippen LogP contribution < -0.4 is 20.7 Å². The summed E-state index contributed by atoms with van der Waals surface area (Å²) in [6.45, 7) is 3.23. The van der Waals surface area contributed by atoms with E-state index in [1.54, 1.807) is 24.4 Å². The largest absolute Gasteiger partial charge is 0.496 e. The third-order valence-electron chi connectivity index (χ3n) is 7.75. The number of rotatable bonds is 7. The molecule has 2 fully saturated rings. The highest BCUT2D eigenvalue weighted by atomic mass is 35.5. The number of aromatic nitrogens is 4. The zero-order valence-electron chi connectivity index (χ0n) is 23.5. The van der Waals surface area contributed by atoms with Crippen molar-refractivity contribution in [3.05, 3.63) is 72.6 Å². The Kier molecular flexibility index (Phi) is 9.46. The van der Waals surface area contributed by atoms with Gasteiger partial charge in [-0.1, -0.05) is 12.1 Å². The molecule has 0 unspecified atom stereocenters. The minimum absolute atomic E-state index is 0. The lowest BCUT2D eigenvalue weighted by atomic mass is 9.95.